The van der Waals surface area contributed by atoms with E-state index in [1.165, 1.54) is 17.0 Å². The Kier molecular flexibility index (Phi) is 5.67. The monoisotopic (exact) mass is 351 g/mol. The molecule has 0 atom stereocenters. The second-order valence-electron chi connectivity index (χ2n) is 7.46. The summed E-state index contributed by atoms with van der Waals surface area (Å²) >= 11 is 0. The van der Waals surface area contributed by atoms with Crippen LogP contribution in [0.1, 0.15) is 26.3 Å². The van der Waals surface area contributed by atoms with Gasteiger partial charge in [-0.25, -0.2) is 9.18 Å². The van der Waals surface area contributed by atoms with E-state index in [2.05, 4.69) is 0 Å². The summed E-state index contributed by atoms with van der Waals surface area (Å²) in [5.74, 6) is -0.663. The molecule has 0 unspecified atom stereocenters. The second-order valence-corrected chi connectivity index (χ2v) is 7.46. The number of anilines is 1. The summed E-state index contributed by atoms with van der Waals surface area (Å²) in [7, 11) is 3.81. The summed E-state index contributed by atoms with van der Waals surface area (Å²) in [4.78, 5) is 30.0. The van der Waals surface area contributed by atoms with Gasteiger partial charge in [0.05, 0.1) is 12.2 Å². The zero-order valence-electron chi connectivity index (χ0n) is 15.5. The smallest absolute Gasteiger partial charge is 0.411 e. The molecule has 1 heterocycles. The molecule has 7 heteroatoms. The minimum absolute atomic E-state index is 0.0986. The average molecular weight is 351 g/mol. The lowest BCUT2D eigenvalue weighted by atomic mass is 10.1. The topological polar surface area (TPSA) is 53.1 Å². The number of fused-ring (bicyclic) bond motifs is 1. The van der Waals surface area contributed by atoms with Crippen LogP contribution in [0.25, 0.3) is 0 Å². The zero-order valence-corrected chi connectivity index (χ0v) is 15.5. The number of rotatable bonds is 3. The predicted octanol–water partition coefficient (Wildman–Crippen LogP) is 2.47. The number of carbonyl (C=O) groups is 2. The van der Waals surface area contributed by atoms with E-state index in [-0.39, 0.29) is 19.0 Å². The van der Waals surface area contributed by atoms with Gasteiger partial charge in [-0.15, -0.1) is 0 Å². The van der Waals surface area contributed by atoms with Crippen LogP contribution in [0, 0.1) is 5.82 Å². The van der Waals surface area contributed by atoms with Crippen molar-refractivity contribution in [3.05, 3.63) is 29.6 Å². The first-order chi connectivity index (χ1) is 11.6. The molecule has 1 aromatic carbocycles. The number of amides is 2. The van der Waals surface area contributed by atoms with Gasteiger partial charge in [-0.3, -0.25) is 9.69 Å². The second kappa shape index (κ2) is 7.39. The highest BCUT2D eigenvalue weighted by molar-refractivity contribution is 5.97. The van der Waals surface area contributed by atoms with Gasteiger partial charge in [-0.05, 0) is 52.6 Å². The SMILES string of the molecule is CN(C)CCN1C(=O)CN(C(=O)OC(C)(C)C)Cc2ccc(F)cc21. The Bertz CT molecular complexity index is 655. The van der Waals surface area contributed by atoms with Gasteiger partial charge in [0.25, 0.3) is 0 Å². The van der Waals surface area contributed by atoms with Gasteiger partial charge in [0, 0.05) is 13.1 Å². The summed E-state index contributed by atoms with van der Waals surface area (Å²) in [6, 6.07) is 4.30. The number of likely N-dealkylation sites (N-methyl/N-ethyl adjacent to an activating group) is 1. The fourth-order valence-electron chi connectivity index (χ4n) is 2.57. The molecule has 0 saturated heterocycles. The normalized spacial score (nSPS) is 15.2. The van der Waals surface area contributed by atoms with E-state index in [1.807, 2.05) is 19.0 Å². The molecule has 6 nitrogen and oxygen atoms in total. The van der Waals surface area contributed by atoms with Crippen molar-refractivity contribution in [3.8, 4) is 0 Å². The van der Waals surface area contributed by atoms with Crippen LogP contribution in [0.2, 0.25) is 0 Å². The fraction of sp³-hybridized carbons (Fsp3) is 0.556. The highest BCUT2D eigenvalue weighted by Crippen LogP contribution is 2.27. The molecule has 1 aromatic rings. The molecule has 0 saturated carbocycles. The molecule has 1 aliphatic rings. The van der Waals surface area contributed by atoms with E-state index in [4.69, 9.17) is 4.74 Å². The first kappa shape index (κ1) is 19.2. The lowest BCUT2D eigenvalue weighted by Gasteiger charge is -2.26. The summed E-state index contributed by atoms with van der Waals surface area (Å²) < 4.78 is 19.1. The molecule has 25 heavy (non-hydrogen) atoms. The highest BCUT2D eigenvalue weighted by atomic mass is 19.1. The van der Waals surface area contributed by atoms with Gasteiger partial charge in [0.15, 0.2) is 0 Å². The van der Waals surface area contributed by atoms with Crippen LogP contribution >= 0.6 is 0 Å². The highest BCUT2D eigenvalue weighted by Gasteiger charge is 2.31. The van der Waals surface area contributed by atoms with Gasteiger partial charge < -0.3 is 14.5 Å². The van der Waals surface area contributed by atoms with Crippen molar-refractivity contribution in [2.75, 3.05) is 38.6 Å². The molecule has 2 amide bonds. The van der Waals surface area contributed by atoms with Crippen LogP contribution in [0.5, 0.6) is 0 Å². The molecule has 0 bridgehead atoms. The molecule has 0 fully saturated rings. The van der Waals surface area contributed by atoms with Crippen LogP contribution in [-0.4, -0.2) is 61.1 Å². The van der Waals surface area contributed by atoms with Gasteiger partial charge in [-0.1, -0.05) is 6.07 Å². The minimum Gasteiger partial charge on any atom is -0.444 e. The molecular formula is C18H26FN3O3. The van der Waals surface area contributed by atoms with Gasteiger partial charge >= 0.3 is 6.09 Å². The van der Waals surface area contributed by atoms with Crippen molar-refractivity contribution in [1.29, 1.82) is 0 Å². The number of hydrogen-bond donors (Lipinski definition) is 0. The third-order valence-electron chi connectivity index (χ3n) is 3.75. The van der Waals surface area contributed by atoms with E-state index < -0.39 is 17.5 Å². The summed E-state index contributed by atoms with van der Waals surface area (Å²) in [6.07, 6.45) is -0.550. The third-order valence-corrected chi connectivity index (χ3v) is 3.75. The van der Waals surface area contributed by atoms with Gasteiger partial charge in [-0.2, -0.15) is 0 Å². The van der Waals surface area contributed by atoms with E-state index >= 15 is 0 Å². The van der Waals surface area contributed by atoms with Crippen molar-refractivity contribution >= 4 is 17.7 Å². The van der Waals surface area contributed by atoms with Crippen molar-refractivity contribution in [2.45, 2.75) is 32.9 Å². The quantitative estimate of drug-likeness (QED) is 0.839. The summed E-state index contributed by atoms with van der Waals surface area (Å²) in [5.41, 5.74) is 0.581. The molecule has 2 rings (SSSR count). The average Bonchev–Trinajstić information content (AvgIpc) is 2.59. The number of carbonyl (C=O) groups excluding carboxylic acids is 2. The van der Waals surface area contributed by atoms with E-state index in [1.54, 1.807) is 31.7 Å². The Morgan fingerprint density at radius 2 is 1.96 bits per heavy atom. The first-order valence-electron chi connectivity index (χ1n) is 8.28. The largest absolute Gasteiger partial charge is 0.444 e. The minimum atomic E-state index is -0.650. The number of hydrogen-bond acceptors (Lipinski definition) is 4. The Morgan fingerprint density at radius 3 is 2.56 bits per heavy atom. The predicted molar refractivity (Wildman–Crippen MR) is 94.0 cm³/mol. The Labute approximate surface area is 148 Å². The maximum absolute atomic E-state index is 13.8. The number of ether oxygens (including phenoxy) is 1. The molecule has 1 aliphatic heterocycles. The van der Waals surface area contributed by atoms with Crippen molar-refractivity contribution < 1.29 is 18.7 Å². The maximum atomic E-state index is 13.8. The van der Waals surface area contributed by atoms with Crippen molar-refractivity contribution in [2.24, 2.45) is 0 Å². The van der Waals surface area contributed by atoms with Crippen LogP contribution in [0.3, 0.4) is 0 Å². The molecule has 0 aromatic heterocycles. The Hall–Kier alpha value is -2.15. The third kappa shape index (κ3) is 5.16. The number of nitrogens with zero attached hydrogens (tertiary/aromatic N) is 3. The van der Waals surface area contributed by atoms with Crippen LogP contribution in [-0.2, 0) is 16.1 Å². The maximum Gasteiger partial charge on any atom is 0.411 e. The molecule has 0 radical (unpaired) electrons. The zero-order chi connectivity index (χ0) is 18.8. The molecular weight excluding hydrogens is 325 g/mol. The van der Waals surface area contributed by atoms with Crippen LogP contribution in [0.15, 0.2) is 18.2 Å². The summed E-state index contributed by atoms with van der Waals surface area (Å²) in [5, 5.41) is 0. The number of halogens is 1. The van der Waals surface area contributed by atoms with E-state index in [0.717, 1.165) is 5.56 Å². The van der Waals surface area contributed by atoms with Crippen molar-refractivity contribution in [1.82, 2.24) is 9.80 Å². The molecule has 0 aliphatic carbocycles. The Balaban J connectivity index is 2.32. The van der Waals surface area contributed by atoms with Gasteiger partial charge in [0.1, 0.15) is 18.0 Å². The van der Waals surface area contributed by atoms with E-state index in [9.17, 15) is 14.0 Å². The molecule has 0 spiro atoms. The lowest BCUT2D eigenvalue weighted by molar-refractivity contribution is -0.119. The molecule has 138 valence electrons. The first-order valence-corrected chi connectivity index (χ1v) is 8.28. The Morgan fingerprint density at radius 1 is 1.28 bits per heavy atom. The van der Waals surface area contributed by atoms with Crippen LogP contribution < -0.4 is 4.90 Å². The van der Waals surface area contributed by atoms with Gasteiger partial charge in [0.2, 0.25) is 5.91 Å². The van der Waals surface area contributed by atoms with Crippen LogP contribution in [0.4, 0.5) is 14.9 Å². The summed E-state index contributed by atoms with van der Waals surface area (Å²) in [6.45, 7) is 6.48. The van der Waals surface area contributed by atoms with E-state index in [0.29, 0.717) is 18.8 Å². The number of benzene rings is 1. The fourth-order valence-corrected chi connectivity index (χ4v) is 2.57. The standard InChI is InChI=1S/C18H26FN3O3/c1-18(2,3)25-17(24)21-11-13-6-7-14(19)10-15(13)22(16(23)12-21)9-8-20(4)5/h6-7,10H,8-9,11-12H2,1-5H3. The molecule has 0 N–H and O–H groups in total. The van der Waals surface area contributed by atoms with Crippen molar-refractivity contribution in [3.63, 3.8) is 0 Å². The lowest BCUT2D eigenvalue weighted by Crippen LogP contribution is -2.43.